The lowest BCUT2D eigenvalue weighted by Gasteiger charge is -2.13. The van der Waals surface area contributed by atoms with E-state index in [1.54, 1.807) is 20.3 Å². The van der Waals surface area contributed by atoms with Crippen LogP contribution in [0.2, 0.25) is 0 Å². The lowest BCUT2D eigenvalue weighted by molar-refractivity contribution is 0.394. The van der Waals surface area contributed by atoms with E-state index in [1.807, 2.05) is 42.5 Å². The summed E-state index contributed by atoms with van der Waals surface area (Å²) in [5, 5.41) is 9.59. The van der Waals surface area contributed by atoms with Gasteiger partial charge in [0.15, 0.2) is 0 Å². The maximum atomic E-state index is 9.59. The Kier molecular flexibility index (Phi) is 5.10. The molecule has 0 atom stereocenters. The van der Waals surface area contributed by atoms with Gasteiger partial charge in [-0.25, -0.2) is 4.98 Å². The Morgan fingerprint density at radius 1 is 1.00 bits per heavy atom. The highest BCUT2D eigenvalue weighted by Crippen LogP contribution is 2.36. The van der Waals surface area contributed by atoms with Gasteiger partial charge in [0.2, 0.25) is 0 Å². The van der Waals surface area contributed by atoms with Crippen molar-refractivity contribution in [3.63, 3.8) is 0 Å². The fourth-order valence-corrected chi connectivity index (χ4v) is 3.17. The zero-order valence-corrected chi connectivity index (χ0v) is 15.9. The van der Waals surface area contributed by atoms with Gasteiger partial charge >= 0.3 is 0 Å². The van der Waals surface area contributed by atoms with Gasteiger partial charge < -0.3 is 15.2 Å². The van der Waals surface area contributed by atoms with Crippen molar-refractivity contribution in [3.05, 3.63) is 58.6 Å². The van der Waals surface area contributed by atoms with Gasteiger partial charge in [-0.2, -0.15) is 5.26 Å². The fraction of sp³-hybridized carbons (Fsp3) is 0.100. The maximum Gasteiger partial charge on any atom is 0.142 e. The first kappa shape index (κ1) is 17.8. The zero-order chi connectivity index (χ0) is 18.7. The topological polar surface area (TPSA) is 81.2 Å². The monoisotopic (exact) mass is 409 g/mol. The van der Waals surface area contributed by atoms with E-state index in [0.717, 1.165) is 15.6 Å². The van der Waals surface area contributed by atoms with Gasteiger partial charge in [0.1, 0.15) is 28.9 Å². The minimum atomic E-state index is 0.178. The van der Waals surface area contributed by atoms with E-state index in [-0.39, 0.29) is 5.82 Å². The maximum absolute atomic E-state index is 9.59. The molecule has 1 aromatic heterocycles. The van der Waals surface area contributed by atoms with Gasteiger partial charge in [-0.1, -0.05) is 34.1 Å². The SMILES string of the molecule is COc1cc(OC)cc(-c2cc(-c3ccccc3Br)nc(N)c2C#N)c1. The van der Waals surface area contributed by atoms with E-state index < -0.39 is 0 Å². The van der Waals surface area contributed by atoms with Crippen molar-refractivity contribution in [2.45, 2.75) is 0 Å². The first-order valence-electron chi connectivity index (χ1n) is 7.76. The molecule has 0 aliphatic rings. The molecule has 5 nitrogen and oxygen atoms in total. The largest absolute Gasteiger partial charge is 0.497 e. The van der Waals surface area contributed by atoms with Crippen molar-refractivity contribution in [2.75, 3.05) is 20.0 Å². The molecule has 0 aliphatic heterocycles. The van der Waals surface area contributed by atoms with Crippen LogP contribution in [-0.2, 0) is 0 Å². The minimum Gasteiger partial charge on any atom is -0.497 e. The highest BCUT2D eigenvalue weighted by atomic mass is 79.9. The number of pyridine rings is 1. The van der Waals surface area contributed by atoms with Gasteiger partial charge in [0.25, 0.3) is 0 Å². The summed E-state index contributed by atoms with van der Waals surface area (Å²) in [6.07, 6.45) is 0. The van der Waals surface area contributed by atoms with E-state index in [0.29, 0.717) is 28.3 Å². The third kappa shape index (κ3) is 3.35. The van der Waals surface area contributed by atoms with Crippen molar-refractivity contribution in [3.8, 4) is 40.0 Å². The van der Waals surface area contributed by atoms with Crippen LogP contribution in [-0.4, -0.2) is 19.2 Å². The van der Waals surface area contributed by atoms with Gasteiger partial charge in [-0.05, 0) is 29.8 Å². The summed E-state index contributed by atoms with van der Waals surface area (Å²) in [7, 11) is 3.16. The van der Waals surface area contributed by atoms with E-state index in [1.165, 1.54) is 0 Å². The Morgan fingerprint density at radius 2 is 1.65 bits per heavy atom. The van der Waals surface area contributed by atoms with Crippen molar-refractivity contribution in [1.82, 2.24) is 4.98 Å². The highest BCUT2D eigenvalue weighted by molar-refractivity contribution is 9.10. The van der Waals surface area contributed by atoms with Gasteiger partial charge in [0.05, 0.1) is 19.9 Å². The minimum absolute atomic E-state index is 0.178. The molecule has 0 unspecified atom stereocenters. The highest BCUT2D eigenvalue weighted by Gasteiger charge is 2.16. The number of hydrogen-bond acceptors (Lipinski definition) is 5. The molecule has 0 aliphatic carbocycles. The first-order valence-corrected chi connectivity index (χ1v) is 8.55. The van der Waals surface area contributed by atoms with Crippen LogP contribution in [0.1, 0.15) is 5.56 Å². The van der Waals surface area contributed by atoms with E-state index in [2.05, 4.69) is 27.0 Å². The zero-order valence-electron chi connectivity index (χ0n) is 14.3. The molecule has 26 heavy (non-hydrogen) atoms. The number of nitrogens with two attached hydrogens (primary N) is 1. The summed E-state index contributed by atoms with van der Waals surface area (Å²) in [5.74, 6) is 1.43. The van der Waals surface area contributed by atoms with Gasteiger partial charge in [-0.15, -0.1) is 0 Å². The number of hydrogen-bond donors (Lipinski definition) is 1. The Balaban J connectivity index is 2.27. The van der Waals surface area contributed by atoms with E-state index >= 15 is 0 Å². The molecule has 1 heterocycles. The standard InChI is InChI=1S/C20H16BrN3O2/c1-25-13-7-12(8-14(9-13)26-2)16-10-19(24-20(23)17(16)11-22)15-5-3-4-6-18(15)21/h3-10H,1-2H3,(H2,23,24). The van der Waals surface area contributed by atoms with E-state index in [4.69, 9.17) is 15.2 Å². The molecule has 130 valence electrons. The molecule has 0 amide bonds. The smallest absolute Gasteiger partial charge is 0.142 e. The lowest BCUT2D eigenvalue weighted by atomic mass is 9.98. The summed E-state index contributed by atoms with van der Waals surface area (Å²) < 4.78 is 11.6. The predicted octanol–water partition coefficient (Wildman–Crippen LogP) is 4.65. The van der Waals surface area contributed by atoms with E-state index in [9.17, 15) is 5.26 Å². The number of anilines is 1. The van der Waals surface area contributed by atoms with Crippen LogP contribution < -0.4 is 15.2 Å². The molecule has 3 aromatic rings. The number of nitrogen functional groups attached to an aromatic ring is 1. The first-order chi connectivity index (χ1) is 12.6. The molecular formula is C20H16BrN3O2. The Hall–Kier alpha value is -3.04. The second-order valence-corrected chi connectivity index (χ2v) is 6.36. The predicted molar refractivity (Wildman–Crippen MR) is 105 cm³/mol. The second-order valence-electron chi connectivity index (χ2n) is 5.51. The van der Waals surface area contributed by atoms with Crippen molar-refractivity contribution in [2.24, 2.45) is 0 Å². The summed E-state index contributed by atoms with van der Waals surface area (Å²) >= 11 is 3.53. The van der Waals surface area contributed by atoms with Gasteiger partial charge in [0, 0.05) is 21.7 Å². The Morgan fingerprint density at radius 3 is 2.23 bits per heavy atom. The van der Waals surface area contributed by atoms with Crippen LogP contribution in [0.5, 0.6) is 11.5 Å². The molecule has 3 rings (SSSR count). The summed E-state index contributed by atoms with van der Waals surface area (Å²) in [4.78, 5) is 4.41. The summed E-state index contributed by atoms with van der Waals surface area (Å²) in [5.41, 5.74) is 9.40. The van der Waals surface area contributed by atoms with Crippen LogP contribution >= 0.6 is 15.9 Å². The van der Waals surface area contributed by atoms with Crippen LogP contribution in [0.15, 0.2) is 53.0 Å². The number of nitrogens with zero attached hydrogens (tertiary/aromatic N) is 2. The van der Waals surface area contributed by atoms with Crippen LogP contribution in [0.4, 0.5) is 5.82 Å². The Bertz CT molecular complexity index is 990. The number of ether oxygens (including phenoxy) is 2. The molecule has 0 bridgehead atoms. The molecule has 0 fully saturated rings. The van der Waals surface area contributed by atoms with Crippen molar-refractivity contribution < 1.29 is 9.47 Å². The number of methoxy groups -OCH3 is 2. The van der Waals surface area contributed by atoms with Crippen LogP contribution in [0, 0.1) is 11.3 Å². The van der Waals surface area contributed by atoms with Crippen LogP contribution in [0.3, 0.4) is 0 Å². The molecule has 0 radical (unpaired) electrons. The number of rotatable bonds is 4. The number of halogens is 1. The number of aromatic nitrogens is 1. The number of nitriles is 1. The molecule has 6 heteroatoms. The fourth-order valence-electron chi connectivity index (χ4n) is 2.68. The third-order valence-electron chi connectivity index (χ3n) is 3.97. The molecule has 0 spiro atoms. The molecule has 2 N–H and O–H groups in total. The molecule has 0 saturated heterocycles. The average molecular weight is 410 g/mol. The average Bonchev–Trinajstić information content (AvgIpc) is 2.67. The normalized spacial score (nSPS) is 10.2. The quantitative estimate of drug-likeness (QED) is 0.677. The lowest BCUT2D eigenvalue weighted by Crippen LogP contribution is -2.00. The summed E-state index contributed by atoms with van der Waals surface area (Å²) in [6, 6.07) is 17.2. The van der Waals surface area contributed by atoms with Crippen LogP contribution in [0.25, 0.3) is 22.4 Å². The van der Waals surface area contributed by atoms with Crippen molar-refractivity contribution >= 4 is 21.7 Å². The second kappa shape index (κ2) is 7.46. The molecular weight excluding hydrogens is 394 g/mol. The number of benzene rings is 2. The third-order valence-corrected chi connectivity index (χ3v) is 4.66. The van der Waals surface area contributed by atoms with Crippen molar-refractivity contribution in [1.29, 1.82) is 5.26 Å². The molecule has 2 aromatic carbocycles. The molecule has 0 saturated carbocycles. The summed E-state index contributed by atoms with van der Waals surface area (Å²) in [6.45, 7) is 0. The Labute approximate surface area is 160 Å². The van der Waals surface area contributed by atoms with Gasteiger partial charge in [-0.3, -0.25) is 0 Å².